The molecular formula is C10H13N3. The van der Waals surface area contributed by atoms with Gasteiger partial charge < -0.3 is 5.73 Å². The van der Waals surface area contributed by atoms with Crippen molar-refractivity contribution in [3.05, 3.63) is 24.4 Å². The van der Waals surface area contributed by atoms with Gasteiger partial charge in [-0.3, -0.25) is 4.68 Å². The zero-order chi connectivity index (χ0) is 9.26. The maximum atomic E-state index is 5.81. The Bertz CT molecular complexity index is 417. The van der Waals surface area contributed by atoms with Crippen molar-refractivity contribution < 1.29 is 0 Å². The summed E-state index contributed by atoms with van der Waals surface area (Å²) >= 11 is 0. The van der Waals surface area contributed by atoms with Gasteiger partial charge in [-0.15, -0.1) is 0 Å². The van der Waals surface area contributed by atoms with Crippen LogP contribution in [0.2, 0.25) is 0 Å². The Hall–Kier alpha value is -1.51. The fraction of sp³-hybridized carbons (Fsp3) is 0.300. The molecule has 0 fully saturated rings. The lowest BCUT2D eigenvalue weighted by molar-refractivity contribution is 0.622. The molecule has 0 atom stereocenters. The summed E-state index contributed by atoms with van der Waals surface area (Å²) in [7, 11) is 0. The molecule has 68 valence electrons. The summed E-state index contributed by atoms with van der Waals surface area (Å²) in [6, 6.07) is 5.92. The van der Waals surface area contributed by atoms with Crippen LogP contribution in [0.15, 0.2) is 24.4 Å². The van der Waals surface area contributed by atoms with Gasteiger partial charge in [-0.1, -0.05) is 13.0 Å². The van der Waals surface area contributed by atoms with Gasteiger partial charge in [-0.2, -0.15) is 5.10 Å². The topological polar surface area (TPSA) is 43.8 Å². The molecule has 0 radical (unpaired) electrons. The van der Waals surface area contributed by atoms with E-state index in [1.807, 2.05) is 29.1 Å². The second kappa shape index (κ2) is 3.09. The molecule has 2 rings (SSSR count). The van der Waals surface area contributed by atoms with Gasteiger partial charge in [0.15, 0.2) is 0 Å². The van der Waals surface area contributed by atoms with E-state index in [0.29, 0.717) is 0 Å². The molecule has 2 N–H and O–H groups in total. The number of anilines is 1. The van der Waals surface area contributed by atoms with E-state index in [-0.39, 0.29) is 0 Å². The van der Waals surface area contributed by atoms with Gasteiger partial charge in [0.05, 0.1) is 11.7 Å². The third kappa shape index (κ3) is 1.26. The highest BCUT2D eigenvalue weighted by molar-refractivity contribution is 5.90. The van der Waals surface area contributed by atoms with E-state index in [4.69, 9.17) is 5.73 Å². The summed E-state index contributed by atoms with van der Waals surface area (Å²) in [5.41, 5.74) is 7.74. The predicted octanol–water partition coefficient (Wildman–Crippen LogP) is 2.03. The lowest BCUT2D eigenvalue weighted by atomic mass is 10.2. The van der Waals surface area contributed by atoms with Crippen LogP contribution < -0.4 is 5.73 Å². The fourth-order valence-electron chi connectivity index (χ4n) is 1.52. The molecule has 1 heterocycles. The van der Waals surface area contributed by atoms with Gasteiger partial charge in [-0.25, -0.2) is 0 Å². The number of hydrogen-bond acceptors (Lipinski definition) is 2. The number of benzene rings is 1. The Morgan fingerprint density at radius 3 is 3.08 bits per heavy atom. The van der Waals surface area contributed by atoms with Gasteiger partial charge in [0, 0.05) is 17.6 Å². The van der Waals surface area contributed by atoms with E-state index in [2.05, 4.69) is 12.0 Å². The fourth-order valence-corrected chi connectivity index (χ4v) is 1.52. The average molecular weight is 175 g/mol. The largest absolute Gasteiger partial charge is 0.398 e. The molecular weight excluding hydrogens is 162 g/mol. The van der Waals surface area contributed by atoms with E-state index in [1.165, 1.54) is 0 Å². The number of hydrogen-bond donors (Lipinski definition) is 1. The van der Waals surface area contributed by atoms with E-state index in [9.17, 15) is 0 Å². The molecule has 2 aromatic rings. The Morgan fingerprint density at radius 1 is 1.46 bits per heavy atom. The predicted molar refractivity (Wildman–Crippen MR) is 54.4 cm³/mol. The standard InChI is InChI=1S/C10H13N3/c1-2-6-13-10-5-3-4-9(11)8(10)7-12-13/h3-5,7H,2,6,11H2,1H3. The highest BCUT2D eigenvalue weighted by Gasteiger charge is 2.02. The highest BCUT2D eigenvalue weighted by atomic mass is 15.3. The van der Waals surface area contributed by atoms with Gasteiger partial charge >= 0.3 is 0 Å². The van der Waals surface area contributed by atoms with Crippen molar-refractivity contribution in [2.24, 2.45) is 0 Å². The van der Waals surface area contributed by atoms with Crippen LogP contribution in [0.5, 0.6) is 0 Å². The minimum Gasteiger partial charge on any atom is -0.398 e. The molecule has 0 saturated carbocycles. The third-order valence-corrected chi connectivity index (χ3v) is 2.16. The first-order valence-corrected chi connectivity index (χ1v) is 4.53. The van der Waals surface area contributed by atoms with Crippen LogP contribution in [-0.4, -0.2) is 9.78 Å². The van der Waals surface area contributed by atoms with Crippen LogP contribution in [-0.2, 0) is 6.54 Å². The molecule has 0 aliphatic heterocycles. The van der Waals surface area contributed by atoms with Crippen molar-refractivity contribution in [1.29, 1.82) is 0 Å². The molecule has 3 heteroatoms. The zero-order valence-electron chi connectivity index (χ0n) is 7.70. The second-order valence-electron chi connectivity index (χ2n) is 3.15. The molecule has 0 bridgehead atoms. The number of nitrogen functional groups attached to an aromatic ring is 1. The number of aryl methyl sites for hydroxylation is 1. The highest BCUT2D eigenvalue weighted by Crippen LogP contribution is 2.19. The lowest BCUT2D eigenvalue weighted by Gasteiger charge is -2.00. The van der Waals surface area contributed by atoms with Gasteiger partial charge in [0.25, 0.3) is 0 Å². The second-order valence-corrected chi connectivity index (χ2v) is 3.15. The molecule has 0 aliphatic carbocycles. The van der Waals surface area contributed by atoms with Crippen LogP contribution in [0.3, 0.4) is 0 Å². The minimum atomic E-state index is 0.805. The quantitative estimate of drug-likeness (QED) is 0.710. The van der Waals surface area contributed by atoms with Gasteiger partial charge in [-0.05, 0) is 18.6 Å². The maximum absolute atomic E-state index is 5.81. The summed E-state index contributed by atoms with van der Waals surface area (Å²) in [6.45, 7) is 3.09. The molecule has 3 nitrogen and oxygen atoms in total. The third-order valence-electron chi connectivity index (χ3n) is 2.16. The Morgan fingerprint density at radius 2 is 2.31 bits per heavy atom. The molecule has 0 aliphatic rings. The average Bonchev–Trinajstić information content (AvgIpc) is 2.51. The summed E-state index contributed by atoms with van der Waals surface area (Å²) in [5, 5.41) is 5.33. The first-order valence-electron chi connectivity index (χ1n) is 4.53. The number of aromatic nitrogens is 2. The first-order chi connectivity index (χ1) is 6.33. The van der Waals surface area contributed by atoms with E-state index in [0.717, 1.165) is 29.6 Å². The first kappa shape index (κ1) is 8.10. The van der Waals surface area contributed by atoms with Crippen molar-refractivity contribution >= 4 is 16.6 Å². The van der Waals surface area contributed by atoms with Gasteiger partial charge in [0.1, 0.15) is 0 Å². The molecule has 1 aromatic carbocycles. The van der Waals surface area contributed by atoms with Crippen molar-refractivity contribution in [2.75, 3.05) is 5.73 Å². The molecule has 0 amide bonds. The monoisotopic (exact) mass is 175 g/mol. The summed E-state index contributed by atoms with van der Waals surface area (Å²) in [6.07, 6.45) is 2.92. The smallest absolute Gasteiger partial charge is 0.0703 e. The normalized spacial score (nSPS) is 10.8. The van der Waals surface area contributed by atoms with Crippen molar-refractivity contribution in [3.63, 3.8) is 0 Å². The van der Waals surface area contributed by atoms with Crippen LogP contribution >= 0.6 is 0 Å². The van der Waals surface area contributed by atoms with Gasteiger partial charge in [0.2, 0.25) is 0 Å². The summed E-state index contributed by atoms with van der Waals surface area (Å²) in [5.74, 6) is 0. The summed E-state index contributed by atoms with van der Waals surface area (Å²) < 4.78 is 1.99. The molecule has 0 unspecified atom stereocenters. The molecule has 1 aromatic heterocycles. The van der Waals surface area contributed by atoms with Crippen molar-refractivity contribution in [2.45, 2.75) is 19.9 Å². The Kier molecular flexibility index (Phi) is 1.93. The number of fused-ring (bicyclic) bond motifs is 1. The van der Waals surface area contributed by atoms with E-state index >= 15 is 0 Å². The van der Waals surface area contributed by atoms with Crippen molar-refractivity contribution in [1.82, 2.24) is 9.78 Å². The maximum Gasteiger partial charge on any atom is 0.0703 e. The van der Waals surface area contributed by atoms with Crippen LogP contribution in [0, 0.1) is 0 Å². The van der Waals surface area contributed by atoms with Crippen LogP contribution in [0.1, 0.15) is 13.3 Å². The minimum absolute atomic E-state index is 0.805. The zero-order valence-corrected chi connectivity index (χ0v) is 7.70. The van der Waals surface area contributed by atoms with Crippen LogP contribution in [0.25, 0.3) is 10.9 Å². The number of rotatable bonds is 2. The van der Waals surface area contributed by atoms with Crippen LogP contribution in [0.4, 0.5) is 5.69 Å². The lowest BCUT2D eigenvalue weighted by Crippen LogP contribution is -1.97. The Labute approximate surface area is 77.2 Å². The number of nitrogens with two attached hydrogens (primary N) is 1. The molecule has 0 spiro atoms. The SMILES string of the molecule is CCCn1ncc2c(N)cccc21. The molecule has 0 saturated heterocycles. The van der Waals surface area contributed by atoms with E-state index < -0.39 is 0 Å². The number of nitrogens with zero attached hydrogens (tertiary/aromatic N) is 2. The van der Waals surface area contributed by atoms with E-state index in [1.54, 1.807) is 0 Å². The summed E-state index contributed by atoms with van der Waals surface area (Å²) in [4.78, 5) is 0. The molecule has 13 heavy (non-hydrogen) atoms. The van der Waals surface area contributed by atoms with Crippen molar-refractivity contribution in [3.8, 4) is 0 Å². The Balaban J connectivity index is 2.61.